The molecule has 0 saturated carbocycles. The monoisotopic (exact) mass is 366 g/mol. The molecule has 1 saturated heterocycles. The van der Waals surface area contributed by atoms with Gasteiger partial charge in [0, 0.05) is 24.7 Å². The maximum absolute atomic E-state index is 13.7. The summed E-state index contributed by atoms with van der Waals surface area (Å²) in [4.78, 5) is 23.8. The topological polar surface area (TPSA) is 69.6 Å². The molecular formula is C15H15F5N2O3. The van der Waals surface area contributed by atoms with Crippen molar-refractivity contribution >= 4 is 12.0 Å². The van der Waals surface area contributed by atoms with Crippen molar-refractivity contribution < 1.29 is 36.6 Å². The van der Waals surface area contributed by atoms with Gasteiger partial charge < -0.3 is 15.3 Å². The van der Waals surface area contributed by atoms with Gasteiger partial charge in [0.1, 0.15) is 11.6 Å². The van der Waals surface area contributed by atoms with Crippen molar-refractivity contribution in [2.75, 3.05) is 13.1 Å². The summed E-state index contributed by atoms with van der Waals surface area (Å²) >= 11 is 0. The highest BCUT2D eigenvalue weighted by molar-refractivity contribution is 5.78. The third-order valence-corrected chi connectivity index (χ3v) is 4.11. The third-order valence-electron chi connectivity index (χ3n) is 4.11. The molecule has 0 radical (unpaired) electrons. The minimum absolute atomic E-state index is 0.0453. The first kappa shape index (κ1) is 18.9. The predicted octanol–water partition coefficient (Wildman–Crippen LogP) is 2.93. The van der Waals surface area contributed by atoms with E-state index >= 15 is 0 Å². The minimum Gasteiger partial charge on any atom is -0.481 e. The average molecular weight is 366 g/mol. The van der Waals surface area contributed by atoms with Gasteiger partial charge in [-0.05, 0) is 13.0 Å². The van der Waals surface area contributed by atoms with Gasteiger partial charge in [0.15, 0.2) is 0 Å². The minimum atomic E-state index is -4.76. The molecule has 10 heteroatoms. The van der Waals surface area contributed by atoms with E-state index in [1.165, 1.54) is 6.92 Å². The van der Waals surface area contributed by atoms with Gasteiger partial charge in [-0.25, -0.2) is 13.6 Å². The molecule has 0 aliphatic carbocycles. The lowest BCUT2D eigenvalue weighted by Crippen LogP contribution is -2.40. The van der Waals surface area contributed by atoms with Crippen LogP contribution in [0.2, 0.25) is 0 Å². The van der Waals surface area contributed by atoms with Crippen molar-refractivity contribution in [3.05, 3.63) is 35.4 Å². The first-order valence-corrected chi connectivity index (χ1v) is 7.30. The molecule has 0 spiro atoms. The summed E-state index contributed by atoms with van der Waals surface area (Å²) in [5, 5.41) is 11.2. The number of nitrogens with zero attached hydrogens (tertiary/aromatic N) is 1. The Morgan fingerprint density at radius 2 is 1.92 bits per heavy atom. The Bertz CT molecular complexity index is 680. The van der Waals surface area contributed by atoms with Crippen LogP contribution in [0.25, 0.3) is 0 Å². The van der Waals surface area contributed by atoms with Gasteiger partial charge >= 0.3 is 18.2 Å². The molecule has 138 valence electrons. The van der Waals surface area contributed by atoms with E-state index < -0.39 is 60.8 Å². The van der Waals surface area contributed by atoms with Crippen LogP contribution < -0.4 is 5.32 Å². The highest BCUT2D eigenvalue weighted by atomic mass is 19.4. The number of benzene rings is 1. The number of carboxylic acids is 1. The number of carbonyl (C=O) groups excluding carboxylic acids is 1. The van der Waals surface area contributed by atoms with E-state index in [1.54, 1.807) is 0 Å². The van der Waals surface area contributed by atoms with Crippen LogP contribution in [0.5, 0.6) is 0 Å². The van der Waals surface area contributed by atoms with E-state index in [0.29, 0.717) is 6.07 Å². The van der Waals surface area contributed by atoms with E-state index in [0.717, 1.165) is 17.0 Å². The Kier molecular flexibility index (Phi) is 5.19. The lowest BCUT2D eigenvalue weighted by Gasteiger charge is -2.22. The van der Waals surface area contributed by atoms with Crippen LogP contribution in [0.1, 0.15) is 18.5 Å². The zero-order valence-corrected chi connectivity index (χ0v) is 13.0. The number of hydrogen-bond acceptors (Lipinski definition) is 2. The van der Waals surface area contributed by atoms with Crippen molar-refractivity contribution in [3.63, 3.8) is 0 Å². The van der Waals surface area contributed by atoms with Crippen LogP contribution in [0.3, 0.4) is 0 Å². The first-order valence-electron chi connectivity index (χ1n) is 7.30. The maximum atomic E-state index is 13.7. The Morgan fingerprint density at radius 1 is 1.28 bits per heavy atom. The SMILES string of the molecule is C[C@H](NC(=O)N1C[C@@H](C(F)(F)F)[C@H](C(=O)O)C1)c1ccc(F)cc1F. The Labute approximate surface area is 139 Å². The maximum Gasteiger partial charge on any atom is 0.394 e. The number of carbonyl (C=O) groups is 2. The molecule has 1 fully saturated rings. The molecule has 2 amide bonds. The molecule has 1 aliphatic heterocycles. The highest BCUT2D eigenvalue weighted by Crippen LogP contribution is 2.37. The smallest absolute Gasteiger partial charge is 0.394 e. The van der Waals surface area contributed by atoms with Crippen LogP contribution in [-0.2, 0) is 4.79 Å². The molecule has 0 aromatic heterocycles. The summed E-state index contributed by atoms with van der Waals surface area (Å²) in [5.41, 5.74) is -0.0453. The molecule has 1 heterocycles. The van der Waals surface area contributed by atoms with Crippen LogP contribution in [-0.4, -0.2) is 41.3 Å². The average Bonchev–Trinajstić information content (AvgIpc) is 2.92. The normalized spacial score (nSPS) is 21.9. The second-order valence-electron chi connectivity index (χ2n) is 5.83. The molecule has 2 rings (SSSR count). The van der Waals surface area contributed by atoms with Crippen molar-refractivity contribution in [2.45, 2.75) is 19.1 Å². The fourth-order valence-corrected chi connectivity index (χ4v) is 2.76. The zero-order valence-electron chi connectivity index (χ0n) is 13.0. The molecule has 5 nitrogen and oxygen atoms in total. The number of halogens is 5. The largest absolute Gasteiger partial charge is 0.481 e. The molecule has 1 aliphatic rings. The second-order valence-corrected chi connectivity index (χ2v) is 5.83. The first-order chi connectivity index (χ1) is 11.5. The van der Waals surface area contributed by atoms with Crippen LogP contribution in [0.15, 0.2) is 18.2 Å². The Hall–Kier alpha value is -2.39. The second kappa shape index (κ2) is 6.85. The number of aliphatic carboxylic acids is 1. The number of urea groups is 1. The summed E-state index contributed by atoms with van der Waals surface area (Å²) in [6.45, 7) is -0.0326. The summed E-state index contributed by atoms with van der Waals surface area (Å²) in [6, 6.07) is 0.819. The van der Waals surface area contributed by atoms with Gasteiger partial charge in [-0.15, -0.1) is 0 Å². The number of likely N-dealkylation sites (tertiary alicyclic amines) is 1. The standard InChI is InChI=1S/C15H15F5N2O3/c1-7(9-3-2-8(16)4-12(9)17)21-14(25)22-5-10(13(23)24)11(6-22)15(18,19)20/h2-4,7,10-11H,5-6H2,1H3,(H,21,25)(H,23,24)/t7-,10+,11+/m0/s1. The van der Waals surface area contributed by atoms with Crippen molar-refractivity contribution in [2.24, 2.45) is 11.8 Å². The lowest BCUT2D eigenvalue weighted by atomic mass is 9.96. The van der Waals surface area contributed by atoms with E-state index in [-0.39, 0.29) is 5.56 Å². The number of amides is 2. The predicted molar refractivity (Wildman–Crippen MR) is 75.5 cm³/mol. The van der Waals surface area contributed by atoms with Gasteiger partial charge in [0.2, 0.25) is 0 Å². The van der Waals surface area contributed by atoms with E-state index in [4.69, 9.17) is 5.11 Å². The van der Waals surface area contributed by atoms with E-state index in [1.807, 2.05) is 0 Å². The fraction of sp³-hybridized carbons (Fsp3) is 0.467. The summed E-state index contributed by atoms with van der Waals surface area (Å²) < 4.78 is 65.3. The van der Waals surface area contributed by atoms with E-state index in [2.05, 4.69) is 5.32 Å². The highest BCUT2D eigenvalue weighted by Gasteiger charge is 2.53. The molecule has 0 bridgehead atoms. The fourth-order valence-electron chi connectivity index (χ4n) is 2.76. The summed E-state index contributed by atoms with van der Waals surface area (Å²) in [6.07, 6.45) is -4.76. The van der Waals surface area contributed by atoms with Crippen LogP contribution in [0.4, 0.5) is 26.7 Å². The molecule has 1 aromatic carbocycles. The van der Waals surface area contributed by atoms with Crippen molar-refractivity contribution in [3.8, 4) is 0 Å². The third kappa shape index (κ3) is 4.18. The van der Waals surface area contributed by atoms with Crippen molar-refractivity contribution in [1.82, 2.24) is 10.2 Å². The van der Waals surface area contributed by atoms with Crippen LogP contribution in [0, 0.1) is 23.5 Å². The quantitative estimate of drug-likeness (QED) is 0.809. The van der Waals surface area contributed by atoms with Gasteiger partial charge in [-0.1, -0.05) is 6.07 Å². The Morgan fingerprint density at radius 3 is 2.40 bits per heavy atom. The van der Waals surface area contributed by atoms with Crippen molar-refractivity contribution in [1.29, 1.82) is 0 Å². The number of carboxylic acid groups (broad SMARTS) is 1. The zero-order chi connectivity index (χ0) is 18.9. The number of nitrogens with one attached hydrogen (secondary N) is 1. The van der Waals surface area contributed by atoms with Gasteiger partial charge in [0.25, 0.3) is 0 Å². The molecule has 1 aromatic rings. The molecule has 25 heavy (non-hydrogen) atoms. The van der Waals surface area contributed by atoms with E-state index in [9.17, 15) is 31.5 Å². The molecule has 2 N–H and O–H groups in total. The molecule has 0 unspecified atom stereocenters. The molecular weight excluding hydrogens is 351 g/mol. The number of rotatable bonds is 3. The molecule has 3 atom stereocenters. The lowest BCUT2D eigenvalue weighted by molar-refractivity contribution is -0.187. The Balaban J connectivity index is 2.09. The van der Waals surface area contributed by atoms with Gasteiger partial charge in [-0.3, -0.25) is 4.79 Å². The number of hydrogen-bond donors (Lipinski definition) is 2. The van der Waals surface area contributed by atoms with Crippen LogP contribution >= 0.6 is 0 Å². The summed E-state index contributed by atoms with van der Waals surface area (Å²) in [5.74, 6) is -7.30. The number of alkyl halides is 3. The van der Waals surface area contributed by atoms with Gasteiger partial charge in [-0.2, -0.15) is 13.2 Å². The summed E-state index contributed by atoms with van der Waals surface area (Å²) in [7, 11) is 0. The van der Waals surface area contributed by atoms with Gasteiger partial charge in [0.05, 0.1) is 17.9 Å².